The van der Waals surface area contributed by atoms with Gasteiger partial charge in [0.25, 0.3) is 0 Å². The fraction of sp³-hybridized carbons (Fsp3) is 0.625. The highest BCUT2D eigenvalue weighted by atomic mass is 16.5. The van der Waals surface area contributed by atoms with Gasteiger partial charge in [0, 0.05) is 32.7 Å². The number of benzene rings is 1. The molecule has 3 heteroatoms. The minimum absolute atomic E-state index is 0.803. The average molecular weight is 262 g/mol. The fourth-order valence-corrected chi connectivity index (χ4v) is 2.50. The summed E-state index contributed by atoms with van der Waals surface area (Å²) in [6.07, 6.45) is 1.06. The molecule has 106 valence electrons. The van der Waals surface area contributed by atoms with Gasteiger partial charge >= 0.3 is 0 Å². The lowest BCUT2D eigenvalue weighted by atomic mass is 10.0. The predicted octanol–water partition coefficient (Wildman–Crippen LogP) is 2.50. The van der Waals surface area contributed by atoms with Crippen molar-refractivity contribution in [1.82, 2.24) is 10.2 Å². The highest BCUT2D eigenvalue weighted by Crippen LogP contribution is 2.25. The Morgan fingerprint density at radius 1 is 1.16 bits per heavy atom. The van der Waals surface area contributed by atoms with Crippen LogP contribution in [0.15, 0.2) is 12.1 Å². The number of nitrogens with one attached hydrogen (secondary N) is 1. The molecule has 0 spiro atoms. The summed E-state index contributed by atoms with van der Waals surface area (Å²) in [5.74, 6) is 1.04. The molecule has 1 fully saturated rings. The van der Waals surface area contributed by atoms with Crippen LogP contribution in [0.2, 0.25) is 0 Å². The smallest absolute Gasteiger partial charge is 0.122 e. The van der Waals surface area contributed by atoms with E-state index >= 15 is 0 Å². The maximum absolute atomic E-state index is 5.79. The van der Waals surface area contributed by atoms with Crippen molar-refractivity contribution in [2.24, 2.45) is 0 Å². The third-order valence-electron chi connectivity index (χ3n) is 3.91. The van der Waals surface area contributed by atoms with E-state index in [0.29, 0.717) is 0 Å². The van der Waals surface area contributed by atoms with E-state index in [-0.39, 0.29) is 0 Å². The zero-order valence-corrected chi connectivity index (χ0v) is 12.5. The standard InChI is InChI=1S/C16H26N2O/c1-4-11-19-16-6-5-15(13(2)14(16)3)12-18-9-7-17-8-10-18/h5-6,17H,4,7-12H2,1-3H3. The Morgan fingerprint density at radius 2 is 1.89 bits per heavy atom. The molecule has 1 N–H and O–H groups in total. The Morgan fingerprint density at radius 3 is 2.58 bits per heavy atom. The molecule has 1 aromatic carbocycles. The van der Waals surface area contributed by atoms with E-state index in [4.69, 9.17) is 4.74 Å². The number of nitrogens with zero attached hydrogens (tertiary/aromatic N) is 1. The Kier molecular flexibility index (Phi) is 5.23. The van der Waals surface area contributed by atoms with Crippen molar-refractivity contribution >= 4 is 0 Å². The summed E-state index contributed by atoms with van der Waals surface area (Å²) in [4.78, 5) is 2.52. The van der Waals surface area contributed by atoms with Gasteiger partial charge in [-0.05, 0) is 43.0 Å². The molecule has 0 radical (unpaired) electrons. The SMILES string of the molecule is CCCOc1ccc(CN2CCNCC2)c(C)c1C. The van der Waals surface area contributed by atoms with Crippen molar-refractivity contribution in [3.8, 4) is 5.75 Å². The van der Waals surface area contributed by atoms with Gasteiger partial charge in [-0.25, -0.2) is 0 Å². The first-order valence-electron chi connectivity index (χ1n) is 7.37. The summed E-state index contributed by atoms with van der Waals surface area (Å²) in [5.41, 5.74) is 4.11. The van der Waals surface area contributed by atoms with Crippen LogP contribution in [-0.2, 0) is 6.54 Å². The van der Waals surface area contributed by atoms with Crippen molar-refractivity contribution in [1.29, 1.82) is 0 Å². The Balaban J connectivity index is 2.06. The van der Waals surface area contributed by atoms with Crippen LogP contribution in [0.3, 0.4) is 0 Å². The van der Waals surface area contributed by atoms with Gasteiger partial charge in [-0.2, -0.15) is 0 Å². The molecule has 2 rings (SSSR count). The van der Waals surface area contributed by atoms with Crippen molar-refractivity contribution in [3.63, 3.8) is 0 Å². The monoisotopic (exact) mass is 262 g/mol. The molecule has 3 nitrogen and oxygen atoms in total. The van der Waals surface area contributed by atoms with E-state index in [1.807, 2.05) is 0 Å². The maximum Gasteiger partial charge on any atom is 0.122 e. The van der Waals surface area contributed by atoms with E-state index in [1.165, 1.54) is 16.7 Å². The number of hydrogen-bond donors (Lipinski definition) is 1. The van der Waals surface area contributed by atoms with Gasteiger partial charge in [0.1, 0.15) is 5.75 Å². The quantitative estimate of drug-likeness (QED) is 0.882. The molecule has 0 saturated carbocycles. The second-order valence-corrected chi connectivity index (χ2v) is 5.35. The molecular weight excluding hydrogens is 236 g/mol. The molecule has 19 heavy (non-hydrogen) atoms. The summed E-state index contributed by atoms with van der Waals surface area (Å²) < 4.78 is 5.79. The van der Waals surface area contributed by atoms with Crippen LogP contribution in [0.5, 0.6) is 5.75 Å². The zero-order valence-electron chi connectivity index (χ0n) is 12.5. The molecule has 1 aliphatic heterocycles. The summed E-state index contributed by atoms with van der Waals surface area (Å²) in [6.45, 7) is 12.9. The molecular formula is C16H26N2O. The fourth-order valence-electron chi connectivity index (χ4n) is 2.50. The van der Waals surface area contributed by atoms with Gasteiger partial charge in [0.05, 0.1) is 6.61 Å². The molecule has 0 unspecified atom stereocenters. The number of hydrogen-bond acceptors (Lipinski definition) is 3. The molecule has 1 aliphatic rings. The van der Waals surface area contributed by atoms with E-state index < -0.39 is 0 Å². The summed E-state index contributed by atoms with van der Waals surface area (Å²) >= 11 is 0. The molecule has 0 aliphatic carbocycles. The molecule has 0 bridgehead atoms. The topological polar surface area (TPSA) is 24.5 Å². The van der Waals surface area contributed by atoms with Gasteiger partial charge in [0.15, 0.2) is 0 Å². The normalized spacial score (nSPS) is 16.6. The Hall–Kier alpha value is -1.06. The molecule has 1 aromatic rings. The lowest BCUT2D eigenvalue weighted by molar-refractivity contribution is 0.232. The van der Waals surface area contributed by atoms with Crippen LogP contribution < -0.4 is 10.1 Å². The van der Waals surface area contributed by atoms with Gasteiger partial charge in [-0.1, -0.05) is 13.0 Å². The lowest BCUT2D eigenvalue weighted by Gasteiger charge is -2.28. The first-order valence-corrected chi connectivity index (χ1v) is 7.37. The molecule has 0 atom stereocenters. The van der Waals surface area contributed by atoms with E-state index in [2.05, 4.69) is 43.1 Å². The molecule has 0 aromatic heterocycles. The van der Waals surface area contributed by atoms with E-state index in [1.54, 1.807) is 0 Å². The number of rotatable bonds is 5. The second kappa shape index (κ2) is 6.92. The minimum Gasteiger partial charge on any atom is -0.493 e. The molecule has 1 saturated heterocycles. The van der Waals surface area contributed by atoms with Gasteiger partial charge in [-0.3, -0.25) is 4.90 Å². The summed E-state index contributed by atoms with van der Waals surface area (Å²) in [5, 5.41) is 3.40. The predicted molar refractivity (Wildman–Crippen MR) is 79.8 cm³/mol. The van der Waals surface area contributed by atoms with Crippen molar-refractivity contribution in [2.75, 3.05) is 32.8 Å². The Bertz CT molecular complexity index is 411. The van der Waals surface area contributed by atoms with Crippen molar-refractivity contribution in [3.05, 3.63) is 28.8 Å². The van der Waals surface area contributed by atoms with Crippen molar-refractivity contribution in [2.45, 2.75) is 33.7 Å². The van der Waals surface area contributed by atoms with Crippen LogP contribution >= 0.6 is 0 Å². The minimum atomic E-state index is 0.803. The first-order chi connectivity index (χ1) is 9.22. The maximum atomic E-state index is 5.79. The third-order valence-corrected chi connectivity index (χ3v) is 3.91. The van der Waals surface area contributed by atoms with Gasteiger partial charge < -0.3 is 10.1 Å². The second-order valence-electron chi connectivity index (χ2n) is 5.35. The van der Waals surface area contributed by atoms with Crippen LogP contribution in [0, 0.1) is 13.8 Å². The van der Waals surface area contributed by atoms with Crippen LogP contribution in [-0.4, -0.2) is 37.7 Å². The largest absolute Gasteiger partial charge is 0.493 e. The Labute approximate surface area is 116 Å². The summed E-state index contributed by atoms with van der Waals surface area (Å²) in [7, 11) is 0. The average Bonchev–Trinajstić information content (AvgIpc) is 2.44. The molecule has 1 heterocycles. The van der Waals surface area contributed by atoms with Gasteiger partial charge in [0.2, 0.25) is 0 Å². The van der Waals surface area contributed by atoms with Crippen molar-refractivity contribution < 1.29 is 4.74 Å². The lowest BCUT2D eigenvalue weighted by Crippen LogP contribution is -2.43. The van der Waals surface area contributed by atoms with Crippen LogP contribution in [0.25, 0.3) is 0 Å². The van der Waals surface area contributed by atoms with E-state index in [9.17, 15) is 0 Å². The highest BCUT2D eigenvalue weighted by molar-refractivity contribution is 5.43. The van der Waals surface area contributed by atoms with Crippen LogP contribution in [0.1, 0.15) is 30.0 Å². The third kappa shape index (κ3) is 3.71. The van der Waals surface area contributed by atoms with Crippen LogP contribution in [0.4, 0.5) is 0 Å². The number of ether oxygens (including phenoxy) is 1. The van der Waals surface area contributed by atoms with E-state index in [0.717, 1.165) is 51.5 Å². The van der Waals surface area contributed by atoms with Gasteiger partial charge in [-0.15, -0.1) is 0 Å². The first kappa shape index (κ1) is 14.4. The zero-order chi connectivity index (χ0) is 13.7. The summed E-state index contributed by atoms with van der Waals surface area (Å²) in [6, 6.07) is 4.37. The molecule has 0 amide bonds. The highest BCUT2D eigenvalue weighted by Gasteiger charge is 2.13. The number of piperazine rings is 1.